The second-order valence-electron chi connectivity index (χ2n) is 6.68. The molecule has 1 N–H and O–H groups in total. The van der Waals surface area contributed by atoms with E-state index in [1.165, 1.54) is 24.0 Å². The van der Waals surface area contributed by atoms with Gasteiger partial charge in [-0.3, -0.25) is 0 Å². The smallest absolute Gasteiger partial charge is 0.125 e. The predicted octanol–water partition coefficient (Wildman–Crippen LogP) is 3.46. The third kappa shape index (κ3) is 3.01. The fourth-order valence-electron chi connectivity index (χ4n) is 2.07. The Balaban J connectivity index is 2.36. The fraction of sp³-hybridized carbons (Fsp3) is 0.600. The minimum atomic E-state index is -1.13. The van der Waals surface area contributed by atoms with E-state index in [1.807, 2.05) is 32.9 Å². The molecule has 1 atom stereocenters. The van der Waals surface area contributed by atoms with E-state index in [0.717, 1.165) is 4.90 Å². The summed E-state index contributed by atoms with van der Waals surface area (Å²) in [5, 5.41) is 0. The van der Waals surface area contributed by atoms with Crippen LogP contribution in [0.3, 0.4) is 0 Å². The molecule has 0 bridgehead atoms. The SMILES string of the molecule is Cc1ccc(S(=O)NC(C)(C)C)c(C2(C)CC2)c1. The summed E-state index contributed by atoms with van der Waals surface area (Å²) in [6, 6.07) is 6.26. The van der Waals surface area contributed by atoms with Gasteiger partial charge in [-0.05, 0) is 57.6 Å². The highest BCUT2D eigenvalue weighted by Gasteiger charge is 2.41. The largest absolute Gasteiger partial charge is 0.237 e. The third-order valence-corrected chi connectivity index (χ3v) is 4.94. The normalized spacial score (nSPS) is 19.6. The summed E-state index contributed by atoms with van der Waals surface area (Å²) >= 11 is 0. The molecule has 1 saturated carbocycles. The van der Waals surface area contributed by atoms with Crippen molar-refractivity contribution in [2.24, 2.45) is 0 Å². The van der Waals surface area contributed by atoms with Gasteiger partial charge in [-0.15, -0.1) is 0 Å². The summed E-state index contributed by atoms with van der Waals surface area (Å²) in [6.45, 7) is 10.5. The van der Waals surface area contributed by atoms with Gasteiger partial charge in [0, 0.05) is 5.54 Å². The quantitative estimate of drug-likeness (QED) is 0.891. The van der Waals surface area contributed by atoms with E-state index in [-0.39, 0.29) is 11.0 Å². The van der Waals surface area contributed by atoms with Crippen molar-refractivity contribution < 1.29 is 4.21 Å². The van der Waals surface area contributed by atoms with Crippen LogP contribution >= 0.6 is 0 Å². The van der Waals surface area contributed by atoms with Gasteiger partial charge in [-0.2, -0.15) is 0 Å². The first-order valence-corrected chi connectivity index (χ1v) is 7.67. The highest BCUT2D eigenvalue weighted by molar-refractivity contribution is 7.83. The second kappa shape index (κ2) is 4.46. The van der Waals surface area contributed by atoms with Gasteiger partial charge in [0.05, 0.1) is 4.90 Å². The lowest BCUT2D eigenvalue weighted by Gasteiger charge is -2.22. The zero-order chi connectivity index (χ0) is 13.6. The molecule has 1 aliphatic carbocycles. The Bertz CT molecular complexity index is 484. The Kier molecular flexibility index (Phi) is 3.41. The monoisotopic (exact) mass is 265 g/mol. The number of nitrogens with one attached hydrogen (secondary N) is 1. The summed E-state index contributed by atoms with van der Waals surface area (Å²) in [6.07, 6.45) is 2.41. The summed E-state index contributed by atoms with van der Waals surface area (Å²) < 4.78 is 15.6. The maximum Gasteiger partial charge on any atom is 0.125 e. The third-order valence-electron chi connectivity index (χ3n) is 3.38. The number of rotatable bonds is 3. The molecule has 100 valence electrons. The van der Waals surface area contributed by atoms with Crippen LogP contribution in [0.25, 0.3) is 0 Å². The van der Waals surface area contributed by atoms with Crippen LogP contribution in [0.2, 0.25) is 0 Å². The average Bonchev–Trinajstić information content (AvgIpc) is 2.95. The molecular weight excluding hydrogens is 242 g/mol. The first-order valence-electron chi connectivity index (χ1n) is 6.52. The number of benzene rings is 1. The summed E-state index contributed by atoms with van der Waals surface area (Å²) in [5.41, 5.74) is 2.61. The van der Waals surface area contributed by atoms with Gasteiger partial charge in [-0.1, -0.05) is 24.6 Å². The molecular formula is C15H23NOS. The van der Waals surface area contributed by atoms with Crippen molar-refractivity contribution >= 4 is 11.0 Å². The van der Waals surface area contributed by atoms with Crippen LogP contribution in [0.1, 0.15) is 51.7 Å². The number of hydrogen-bond donors (Lipinski definition) is 1. The van der Waals surface area contributed by atoms with Gasteiger partial charge in [0.15, 0.2) is 0 Å². The highest BCUT2D eigenvalue weighted by atomic mass is 32.2. The van der Waals surface area contributed by atoms with Gasteiger partial charge in [0.25, 0.3) is 0 Å². The maximum absolute atomic E-state index is 12.5. The van der Waals surface area contributed by atoms with Crippen LogP contribution in [0.5, 0.6) is 0 Å². The molecule has 0 aliphatic heterocycles. The van der Waals surface area contributed by atoms with Gasteiger partial charge >= 0.3 is 0 Å². The molecule has 0 aromatic heterocycles. The van der Waals surface area contributed by atoms with E-state index >= 15 is 0 Å². The molecule has 2 rings (SSSR count). The van der Waals surface area contributed by atoms with Crippen LogP contribution in [-0.2, 0) is 16.4 Å². The molecule has 0 radical (unpaired) electrons. The lowest BCUT2D eigenvalue weighted by atomic mass is 9.97. The molecule has 2 nitrogen and oxygen atoms in total. The summed E-state index contributed by atoms with van der Waals surface area (Å²) in [4.78, 5) is 0.954. The van der Waals surface area contributed by atoms with Gasteiger partial charge in [0.1, 0.15) is 11.0 Å². The van der Waals surface area contributed by atoms with Crippen LogP contribution < -0.4 is 4.72 Å². The maximum atomic E-state index is 12.5. The van der Waals surface area contributed by atoms with E-state index in [4.69, 9.17) is 0 Å². The van der Waals surface area contributed by atoms with Crippen molar-refractivity contribution in [3.05, 3.63) is 29.3 Å². The first-order chi connectivity index (χ1) is 8.21. The minimum absolute atomic E-state index is 0.141. The summed E-state index contributed by atoms with van der Waals surface area (Å²) in [7, 11) is -1.13. The molecule has 0 saturated heterocycles. The average molecular weight is 265 g/mol. The highest BCUT2D eigenvalue weighted by Crippen LogP contribution is 2.49. The molecule has 1 unspecified atom stereocenters. The Morgan fingerprint density at radius 1 is 1.28 bits per heavy atom. The lowest BCUT2D eigenvalue weighted by Crippen LogP contribution is -2.37. The van der Waals surface area contributed by atoms with Crippen LogP contribution in [0.4, 0.5) is 0 Å². The predicted molar refractivity (Wildman–Crippen MR) is 77.1 cm³/mol. The molecule has 0 spiro atoms. The van der Waals surface area contributed by atoms with Crippen LogP contribution in [0, 0.1) is 6.92 Å². The molecule has 1 aromatic carbocycles. The Labute approximate surface area is 113 Å². The molecule has 0 heterocycles. The topological polar surface area (TPSA) is 29.1 Å². The molecule has 0 amide bonds. The van der Waals surface area contributed by atoms with Gasteiger partial charge < -0.3 is 0 Å². The van der Waals surface area contributed by atoms with E-state index in [9.17, 15) is 4.21 Å². The van der Waals surface area contributed by atoms with Crippen LogP contribution in [0.15, 0.2) is 23.1 Å². The zero-order valence-corrected chi connectivity index (χ0v) is 12.8. The Hall–Kier alpha value is -0.670. The molecule has 1 aliphatic rings. The fourth-order valence-corrected chi connectivity index (χ4v) is 3.43. The van der Waals surface area contributed by atoms with E-state index in [0.29, 0.717) is 0 Å². The van der Waals surface area contributed by atoms with Crippen LogP contribution in [-0.4, -0.2) is 9.75 Å². The van der Waals surface area contributed by atoms with E-state index in [1.54, 1.807) is 0 Å². The van der Waals surface area contributed by atoms with Crippen molar-refractivity contribution in [1.29, 1.82) is 0 Å². The Morgan fingerprint density at radius 3 is 2.39 bits per heavy atom. The van der Waals surface area contributed by atoms with Gasteiger partial charge in [-0.25, -0.2) is 8.93 Å². The van der Waals surface area contributed by atoms with Crippen molar-refractivity contribution in [2.45, 2.75) is 63.3 Å². The molecule has 1 fully saturated rings. The number of aryl methyl sites for hydroxylation is 1. The molecule has 1 aromatic rings. The zero-order valence-electron chi connectivity index (χ0n) is 12.0. The van der Waals surface area contributed by atoms with Crippen molar-refractivity contribution in [3.8, 4) is 0 Å². The summed E-state index contributed by atoms with van der Waals surface area (Å²) in [5.74, 6) is 0. The van der Waals surface area contributed by atoms with E-state index < -0.39 is 11.0 Å². The van der Waals surface area contributed by atoms with Gasteiger partial charge in [0.2, 0.25) is 0 Å². The number of hydrogen-bond acceptors (Lipinski definition) is 1. The van der Waals surface area contributed by atoms with E-state index in [2.05, 4.69) is 24.6 Å². The van der Waals surface area contributed by atoms with Crippen molar-refractivity contribution in [2.75, 3.05) is 0 Å². The standard InChI is InChI=1S/C15H23NOS/c1-11-6-7-13(18(17)16-14(2,3)4)12(10-11)15(5)8-9-15/h6-7,10,16H,8-9H2,1-5H3. The minimum Gasteiger partial charge on any atom is -0.237 e. The van der Waals surface area contributed by atoms with Crippen molar-refractivity contribution in [1.82, 2.24) is 4.72 Å². The van der Waals surface area contributed by atoms with Crippen molar-refractivity contribution in [3.63, 3.8) is 0 Å². The molecule has 3 heteroatoms. The first kappa shape index (κ1) is 13.8. The Morgan fingerprint density at radius 2 is 1.89 bits per heavy atom. The molecule has 18 heavy (non-hydrogen) atoms. The second-order valence-corrected chi connectivity index (χ2v) is 7.86. The lowest BCUT2D eigenvalue weighted by molar-refractivity contribution is 0.519.